The summed E-state index contributed by atoms with van der Waals surface area (Å²) in [4.78, 5) is 33.3. The molecule has 1 saturated carbocycles. The number of aromatic nitrogens is 2. The predicted octanol–water partition coefficient (Wildman–Crippen LogP) is 3.60. The average Bonchev–Trinajstić information content (AvgIpc) is 3.07. The lowest BCUT2D eigenvalue weighted by Gasteiger charge is -2.45. The third kappa shape index (κ3) is 3.22. The predicted molar refractivity (Wildman–Crippen MR) is 114 cm³/mol. The minimum Gasteiger partial charge on any atom is -0.351 e. The second-order valence-corrected chi connectivity index (χ2v) is 9.09. The summed E-state index contributed by atoms with van der Waals surface area (Å²) < 4.78 is 1.93. The number of nitrogens with one attached hydrogen (secondary N) is 1. The van der Waals surface area contributed by atoms with Gasteiger partial charge in [0.1, 0.15) is 5.54 Å². The van der Waals surface area contributed by atoms with E-state index in [0.717, 1.165) is 30.3 Å². The Hall–Kier alpha value is -2.37. The molecule has 1 aliphatic heterocycles. The number of hydrogen-bond acceptors (Lipinski definition) is 3. The zero-order valence-corrected chi connectivity index (χ0v) is 17.9. The van der Waals surface area contributed by atoms with E-state index in [-0.39, 0.29) is 17.9 Å². The van der Waals surface area contributed by atoms with Crippen molar-refractivity contribution in [1.29, 1.82) is 0 Å². The molecule has 0 bridgehead atoms. The van der Waals surface area contributed by atoms with E-state index in [4.69, 9.17) is 0 Å². The SMILES string of the molecule is CCCN1C(=O)c2nc3ccccc3n2CC1(C)C(=O)NC1CCCC(C)C1C. The van der Waals surface area contributed by atoms with Gasteiger partial charge in [0.2, 0.25) is 5.91 Å². The third-order valence-electron chi connectivity index (χ3n) is 7.11. The van der Waals surface area contributed by atoms with E-state index in [2.05, 4.69) is 24.1 Å². The molecule has 1 aromatic carbocycles. The van der Waals surface area contributed by atoms with Crippen molar-refractivity contribution in [3.63, 3.8) is 0 Å². The van der Waals surface area contributed by atoms with Gasteiger partial charge in [0, 0.05) is 12.6 Å². The van der Waals surface area contributed by atoms with Crippen LogP contribution in [0.1, 0.15) is 64.0 Å². The lowest BCUT2D eigenvalue weighted by molar-refractivity contribution is -0.134. The number of carbonyl (C=O) groups is 2. The highest BCUT2D eigenvalue weighted by atomic mass is 16.2. The van der Waals surface area contributed by atoms with Crippen LogP contribution in [0.2, 0.25) is 0 Å². The maximum absolute atomic E-state index is 13.6. The van der Waals surface area contributed by atoms with Gasteiger partial charge in [0.15, 0.2) is 5.82 Å². The van der Waals surface area contributed by atoms with Gasteiger partial charge in [-0.3, -0.25) is 9.59 Å². The number of amides is 2. The van der Waals surface area contributed by atoms with Gasteiger partial charge in [-0.15, -0.1) is 0 Å². The maximum Gasteiger partial charge on any atom is 0.290 e. The Labute approximate surface area is 172 Å². The molecule has 4 unspecified atom stereocenters. The van der Waals surface area contributed by atoms with E-state index in [1.54, 1.807) is 4.90 Å². The van der Waals surface area contributed by atoms with Crippen LogP contribution in [-0.4, -0.2) is 44.4 Å². The number of para-hydroxylation sites is 2. The van der Waals surface area contributed by atoms with Crippen molar-refractivity contribution in [3.05, 3.63) is 30.1 Å². The van der Waals surface area contributed by atoms with Crippen LogP contribution in [0.15, 0.2) is 24.3 Å². The topological polar surface area (TPSA) is 67.2 Å². The molecule has 1 fully saturated rings. The second-order valence-electron chi connectivity index (χ2n) is 9.09. The first-order valence-electron chi connectivity index (χ1n) is 10.9. The molecule has 0 saturated heterocycles. The Morgan fingerprint density at radius 3 is 2.79 bits per heavy atom. The second kappa shape index (κ2) is 7.47. The van der Waals surface area contributed by atoms with Crippen LogP contribution in [-0.2, 0) is 11.3 Å². The van der Waals surface area contributed by atoms with Crippen LogP contribution in [0.3, 0.4) is 0 Å². The van der Waals surface area contributed by atoms with Gasteiger partial charge >= 0.3 is 0 Å². The molecule has 4 rings (SSSR count). The van der Waals surface area contributed by atoms with Crippen molar-refractivity contribution >= 4 is 22.8 Å². The van der Waals surface area contributed by atoms with E-state index >= 15 is 0 Å². The van der Waals surface area contributed by atoms with E-state index in [0.29, 0.717) is 30.7 Å². The Kier molecular flexibility index (Phi) is 5.13. The van der Waals surface area contributed by atoms with Gasteiger partial charge in [0.25, 0.3) is 5.91 Å². The summed E-state index contributed by atoms with van der Waals surface area (Å²) in [6.07, 6.45) is 4.16. The number of hydrogen-bond donors (Lipinski definition) is 1. The van der Waals surface area contributed by atoms with E-state index in [1.807, 2.05) is 42.7 Å². The van der Waals surface area contributed by atoms with Crippen molar-refractivity contribution in [2.45, 2.75) is 71.5 Å². The molecule has 0 radical (unpaired) electrons. The first-order valence-corrected chi connectivity index (χ1v) is 10.9. The summed E-state index contributed by atoms with van der Waals surface area (Å²) >= 11 is 0. The fourth-order valence-electron chi connectivity index (χ4n) is 5.01. The van der Waals surface area contributed by atoms with Crippen LogP contribution in [0, 0.1) is 11.8 Å². The molecule has 6 nitrogen and oxygen atoms in total. The molecule has 2 aromatic rings. The smallest absolute Gasteiger partial charge is 0.290 e. The standard InChI is InChI=1S/C23H32N4O2/c1-5-13-27-21(28)20-24-18-10-6-7-12-19(18)26(20)14-23(27,4)22(29)25-17-11-8-9-15(2)16(17)3/h6-7,10,12,15-17H,5,8-9,11,13-14H2,1-4H3,(H,25,29). The van der Waals surface area contributed by atoms with Gasteiger partial charge in [-0.05, 0) is 43.7 Å². The number of rotatable bonds is 4. The van der Waals surface area contributed by atoms with Gasteiger partial charge in [-0.1, -0.05) is 45.7 Å². The van der Waals surface area contributed by atoms with Crippen LogP contribution >= 0.6 is 0 Å². The van der Waals surface area contributed by atoms with Crippen molar-refractivity contribution in [3.8, 4) is 0 Å². The highest BCUT2D eigenvalue weighted by Crippen LogP contribution is 2.33. The number of benzene rings is 1. The average molecular weight is 397 g/mol. The molecular weight excluding hydrogens is 364 g/mol. The fraction of sp³-hybridized carbons (Fsp3) is 0.609. The highest BCUT2D eigenvalue weighted by Gasteiger charge is 2.48. The summed E-state index contributed by atoms with van der Waals surface area (Å²) in [5, 5.41) is 3.32. The number of carbonyl (C=O) groups excluding carboxylic acids is 2. The minimum atomic E-state index is -0.927. The van der Waals surface area contributed by atoms with Gasteiger partial charge < -0.3 is 14.8 Å². The van der Waals surface area contributed by atoms with E-state index in [9.17, 15) is 9.59 Å². The van der Waals surface area contributed by atoms with Crippen LogP contribution in [0.25, 0.3) is 11.0 Å². The lowest BCUT2D eigenvalue weighted by Crippen LogP contribution is -2.65. The number of nitrogens with zero attached hydrogens (tertiary/aromatic N) is 3. The van der Waals surface area contributed by atoms with Gasteiger partial charge in [-0.25, -0.2) is 4.98 Å². The molecule has 4 atom stereocenters. The molecule has 6 heteroatoms. The Morgan fingerprint density at radius 1 is 1.28 bits per heavy atom. The Morgan fingerprint density at radius 2 is 2.03 bits per heavy atom. The summed E-state index contributed by atoms with van der Waals surface area (Å²) in [6, 6.07) is 7.93. The first kappa shape index (κ1) is 19.9. The molecule has 156 valence electrons. The summed E-state index contributed by atoms with van der Waals surface area (Å²) in [5.41, 5.74) is 0.779. The van der Waals surface area contributed by atoms with Gasteiger partial charge in [0.05, 0.1) is 17.6 Å². The Bertz CT molecular complexity index is 936. The first-order chi connectivity index (χ1) is 13.9. The third-order valence-corrected chi connectivity index (χ3v) is 7.11. The van der Waals surface area contributed by atoms with Crippen molar-refractivity contribution in [1.82, 2.24) is 19.8 Å². The Balaban J connectivity index is 1.70. The zero-order valence-electron chi connectivity index (χ0n) is 17.9. The van der Waals surface area contributed by atoms with Crippen molar-refractivity contribution < 1.29 is 9.59 Å². The molecule has 2 amide bonds. The fourth-order valence-corrected chi connectivity index (χ4v) is 5.01. The lowest BCUT2D eigenvalue weighted by atomic mass is 9.77. The van der Waals surface area contributed by atoms with E-state index < -0.39 is 5.54 Å². The minimum absolute atomic E-state index is 0.0475. The molecule has 1 aliphatic carbocycles. The summed E-state index contributed by atoms with van der Waals surface area (Å²) in [6.45, 7) is 9.41. The van der Waals surface area contributed by atoms with Crippen LogP contribution < -0.4 is 5.32 Å². The van der Waals surface area contributed by atoms with Crippen LogP contribution in [0.4, 0.5) is 0 Å². The molecule has 0 spiro atoms. The zero-order chi connectivity index (χ0) is 20.8. The monoisotopic (exact) mass is 396 g/mol. The molecule has 29 heavy (non-hydrogen) atoms. The summed E-state index contributed by atoms with van der Waals surface area (Å²) in [5.74, 6) is 1.28. The number of imidazole rings is 1. The molecule has 2 heterocycles. The molecule has 1 N–H and O–H groups in total. The molecule has 2 aliphatic rings. The largest absolute Gasteiger partial charge is 0.351 e. The number of fused-ring (bicyclic) bond motifs is 3. The van der Waals surface area contributed by atoms with Crippen molar-refractivity contribution in [2.75, 3.05) is 6.54 Å². The van der Waals surface area contributed by atoms with E-state index in [1.165, 1.54) is 6.42 Å². The highest BCUT2D eigenvalue weighted by molar-refractivity contribution is 6.01. The van der Waals surface area contributed by atoms with Crippen molar-refractivity contribution in [2.24, 2.45) is 11.8 Å². The van der Waals surface area contributed by atoms with Gasteiger partial charge in [-0.2, -0.15) is 0 Å². The normalized spacial score (nSPS) is 29.7. The molecular formula is C23H32N4O2. The quantitative estimate of drug-likeness (QED) is 0.859. The van der Waals surface area contributed by atoms with Crippen LogP contribution in [0.5, 0.6) is 0 Å². The summed E-state index contributed by atoms with van der Waals surface area (Å²) in [7, 11) is 0. The molecule has 1 aromatic heterocycles. The maximum atomic E-state index is 13.6.